The highest BCUT2D eigenvalue weighted by Crippen LogP contribution is 2.30. The lowest BCUT2D eigenvalue weighted by molar-refractivity contribution is -0.137. The molecule has 140 valence electrons. The van der Waals surface area contributed by atoms with Gasteiger partial charge in [-0.05, 0) is 24.5 Å². The van der Waals surface area contributed by atoms with Gasteiger partial charge in [-0.1, -0.05) is 49.0 Å². The molecule has 0 unspecified atom stereocenters. The van der Waals surface area contributed by atoms with E-state index in [0.717, 1.165) is 22.5 Å². The average molecular weight is 401 g/mol. The molecule has 1 aliphatic rings. The quantitative estimate of drug-likeness (QED) is 0.467. The number of carbonyl (C=O) groups excluding carboxylic acids is 1. The van der Waals surface area contributed by atoms with Crippen molar-refractivity contribution in [3.05, 3.63) is 57.2 Å². The molecule has 0 saturated carbocycles. The highest BCUT2D eigenvalue weighted by atomic mass is 32.2. The Morgan fingerprint density at radius 3 is 2.81 bits per heavy atom. The fraction of sp³-hybridized carbons (Fsp3) is 0.350. The second-order valence-electron chi connectivity index (χ2n) is 6.43. The summed E-state index contributed by atoms with van der Waals surface area (Å²) in [4.78, 5) is 31.7. The van der Waals surface area contributed by atoms with Crippen molar-refractivity contribution in [3.8, 4) is 0 Å². The molecule has 27 heavy (non-hydrogen) atoms. The molecule has 0 aliphatic carbocycles. The van der Waals surface area contributed by atoms with Gasteiger partial charge in [0.25, 0.3) is 5.56 Å². The van der Waals surface area contributed by atoms with Crippen LogP contribution in [0.3, 0.4) is 0 Å². The molecule has 3 heterocycles. The van der Waals surface area contributed by atoms with Crippen LogP contribution in [0.2, 0.25) is 0 Å². The number of nitrogens with zero attached hydrogens (tertiary/aromatic N) is 2. The number of thioether (sulfide) groups is 1. The van der Waals surface area contributed by atoms with E-state index in [2.05, 4.69) is 19.1 Å². The lowest BCUT2D eigenvalue weighted by atomic mass is 10.1. The van der Waals surface area contributed by atoms with Crippen LogP contribution in [0.25, 0.3) is 10.2 Å². The summed E-state index contributed by atoms with van der Waals surface area (Å²) >= 11 is 2.90. The molecule has 0 amide bonds. The van der Waals surface area contributed by atoms with Crippen LogP contribution < -0.4 is 5.56 Å². The van der Waals surface area contributed by atoms with Gasteiger partial charge >= 0.3 is 5.97 Å². The van der Waals surface area contributed by atoms with Crippen molar-refractivity contribution in [2.24, 2.45) is 0 Å². The van der Waals surface area contributed by atoms with Crippen molar-refractivity contribution >= 4 is 39.3 Å². The zero-order valence-corrected chi connectivity index (χ0v) is 16.6. The maximum atomic E-state index is 13.2. The molecule has 1 aliphatic heterocycles. The van der Waals surface area contributed by atoms with Crippen molar-refractivity contribution in [2.75, 3.05) is 6.61 Å². The molecule has 5 nitrogen and oxygen atoms in total. The number of hydrogen-bond acceptors (Lipinski definition) is 6. The maximum absolute atomic E-state index is 13.2. The molecule has 0 N–H and O–H groups in total. The summed E-state index contributed by atoms with van der Waals surface area (Å²) < 4.78 is 6.79. The molecule has 3 aromatic rings. The normalized spacial score (nSPS) is 16.8. The number of cyclic esters (lactones) is 1. The first-order valence-corrected chi connectivity index (χ1v) is 10.8. The molecule has 0 spiro atoms. The minimum Gasteiger partial charge on any atom is -0.465 e. The smallest absolute Gasteiger partial charge is 0.319 e. The lowest BCUT2D eigenvalue weighted by Gasteiger charge is -2.13. The van der Waals surface area contributed by atoms with Crippen LogP contribution in [0.5, 0.6) is 0 Å². The number of hydrogen-bond donors (Lipinski definition) is 0. The Labute approximate surface area is 165 Å². The molecule has 7 heteroatoms. The van der Waals surface area contributed by atoms with Gasteiger partial charge in [0, 0.05) is 17.8 Å². The van der Waals surface area contributed by atoms with Crippen LogP contribution in [0.4, 0.5) is 0 Å². The van der Waals surface area contributed by atoms with Crippen LogP contribution in [0.15, 0.2) is 46.3 Å². The first-order valence-electron chi connectivity index (χ1n) is 9.06. The third-order valence-corrected chi connectivity index (χ3v) is 7.03. The van der Waals surface area contributed by atoms with Gasteiger partial charge in [-0.3, -0.25) is 14.2 Å². The van der Waals surface area contributed by atoms with Crippen LogP contribution >= 0.6 is 23.1 Å². The van der Waals surface area contributed by atoms with E-state index < -0.39 is 0 Å². The monoisotopic (exact) mass is 400 g/mol. The summed E-state index contributed by atoms with van der Waals surface area (Å²) in [7, 11) is 0. The SMILES string of the molecule is CCc1cc2c(=O)n(CCc3ccccc3)c(S[C@H]3CCOC3=O)nc2s1. The number of ether oxygens (including phenoxy) is 1. The number of thiophene rings is 1. The number of esters is 1. The number of carbonyl (C=O) groups is 1. The molecule has 1 atom stereocenters. The Balaban J connectivity index is 1.72. The van der Waals surface area contributed by atoms with Gasteiger partial charge in [0.2, 0.25) is 0 Å². The molecular formula is C20H20N2O3S2. The van der Waals surface area contributed by atoms with Crippen molar-refractivity contribution in [3.63, 3.8) is 0 Å². The minimum absolute atomic E-state index is 0.0271. The number of benzene rings is 1. The first kappa shape index (κ1) is 18.3. The summed E-state index contributed by atoms with van der Waals surface area (Å²) in [5.74, 6) is -0.218. The fourth-order valence-corrected chi connectivity index (χ4v) is 5.20. The van der Waals surface area contributed by atoms with Gasteiger partial charge in [-0.15, -0.1) is 11.3 Å². The molecule has 0 bridgehead atoms. The van der Waals surface area contributed by atoms with Crippen molar-refractivity contribution < 1.29 is 9.53 Å². The second kappa shape index (κ2) is 7.86. The Bertz CT molecular complexity index is 1030. The van der Waals surface area contributed by atoms with Crippen molar-refractivity contribution in [2.45, 2.75) is 43.1 Å². The topological polar surface area (TPSA) is 61.2 Å². The van der Waals surface area contributed by atoms with Crippen molar-refractivity contribution in [1.82, 2.24) is 9.55 Å². The molecule has 2 aromatic heterocycles. The van der Waals surface area contributed by atoms with Gasteiger partial charge < -0.3 is 4.74 Å². The Hall–Kier alpha value is -2.12. The lowest BCUT2D eigenvalue weighted by Crippen LogP contribution is -2.25. The fourth-order valence-electron chi connectivity index (χ4n) is 3.11. The van der Waals surface area contributed by atoms with Crippen LogP contribution in [0, 0.1) is 0 Å². The van der Waals surface area contributed by atoms with Gasteiger partial charge in [0.1, 0.15) is 10.1 Å². The standard InChI is InChI=1S/C20H20N2O3S2/c1-2-14-12-15-17(26-14)21-20(27-16-9-11-25-19(16)24)22(18(15)23)10-8-13-6-4-3-5-7-13/h3-7,12,16H,2,8-11H2,1H3/t16-/m0/s1. The van der Waals surface area contributed by atoms with E-state index in [1.807, 2.05) is 24.3 Å². The molecule has 4 rings (SSSR count). The Kier molecular flexibility index (Phi) is 5.31. The Morgan fingerprint density at radius 2 is 2.11 bits per heavy atom. The zero-order chi connectivity index (χ0) is 18.8. The number of aromatic nitrogens is 2. The third kappa shape index (κ3) is 3.80. The number of fused-ring (bicyclic) bond motifs is 1. The van der Waals surface area contributed by atoms with E-state index in [-0.39, 0.29) is 16.8 Å². The molecular weight excluding hydrogens is 380 g/mol. The van der Waals surface area contributed by atoms with Gasteiger partial charge in [-0.2, -0.15) is 0 Å². The van der Waals surface area contributed by atoms with E-state index in [9.17, 15) is 9.59 Å². The van der Waals surface area contributed by atoms with E-state index in [0.29, 0.717) is 30.1 Å². The second-order valence-corrected chi connectivity index (χ2v) is 8.72. The van der Waals surface area contributed by atoms with Gasteiger partial charge in [0.15, 0.2) is 5.16 Å². The van der Waals surface area contributed by atoms with Gasteiger partial charge in [0.05, 0.1) is 12.0 Å². The zero-order valence-electron chi connectivity index (χ0n) is 15.0. The molecule has 1 fully saturated rings. The van der Waals surface area contributed by atoms with E-state index >= 15 is 0 Å². The highest BCUT2D eigenvalue weighted by molar-refractivity contribution is 8.00. The summed E-state index contributed by atoms with van der Waals surface area (Å²) in [5.41, 5.74) is 1.14. The summed E-state index contributed by atoms with van der Waals surface area (Å²) in [6.07, 6.45) is 2.27. The molecule has 1 saturated heterocycles. The summed E-state index contributed by atoms with van der Waals surface area (Å²) in [6, 6.07) is 12.0. The Morgan fingerprint density at radius 1 is 1.30 bits per heavy atom. The number of aryl methyl sites for hydroxylation is 2. The third-order valence-electron chi connectivity index (χ3n) is 4.62. The summed E-state index contributed by atoms with van der Waals surface area (Å²) in [5, 5.41) is 0.989. The predicted octanol–water partition coefficient (Wildman–Crippen LogP) is 3.67. The number of rotatable bonds is 6. The van der Waals surface area contributed by atoms with E-state index in [1.165, 1.54) is 17.3 Å². The largest absolute Gasteiger partial charge is 0.465 e. The maximum Gasteiger partial charge on any atom is 0.319 e. The first-order chi connectivity index (χ1) is 13.2. The highest BCUT2D eigenvalue weighted by Gasteiger charge is 2.29. The van der Waals surface area contributed by atoms with E-state index in [4.69, 9.17) is 9.72 Å². The van der Waals surface area contributed by atoms with E-state index in [1.54, 1.807) is 15.9 Å². The van der Waals surface area contributed by atoms with Crippen LogP contribution in [-0.4, -0.2) is 27.4 Å². The summed E-state index contributed by atoms with van der Waals surface area (Å²) in [6.45, 7) is 3.04. The average Bonchev–Trinajstić information content (AvgIpc) is 3.28. The minimum atomic E-state index is -0.289. The molecule has 1 aromatic carbocycles. The van der Waals surface area contributed by atoms with Crippen LogP contribution in [-0.2, 0) is 28.9 Å². The van der Waals surface area contributed by atoms with Gasteiger partial charge in [-0.25, -0.2) is 4.98 Å². The van der Waals surface area contributed by atoms with Crippen molar-refractivity contribution in [1.29, 1.82) is 0 Å². The predicted molar refractivity (Wildman–Crippen MR) is 109 cm³/mol. The molecule has 0 radical (unpaired) electrons. The van der Waals surface area contributed by atoms with Crippen LogP contribution in [0.1, 0.15) is 23.8 Å².